The molecule has 0 amide bonds. The van der Waals surface area contributed by atoms with Crippen LogP contribution in [0.25, 0.3) is 0 Å². The molecule has 1 fully saturated rings. The van der Waals surface area contributed by atoms with Gasteiger partial charge in [-0.15, -0.1) is 0 Å². The third kappa shape index (κ3) is 3.30. The highest BCUT2D eigenvalue weighted by molar-refractivity contribution is 5.54. The number of pyridine rings is 1. The van der Waals surface area contributed by atoms with Crippen LogP contribution in [0.5, 0.6) is 0 Å². The molecule has 8 nitrogen and oxygen atoms in total. The molecule has 8 heteroatoms. The van der Waals surface area contributed by atoms with Gasteiger partial charge in [0.1, 0.15) is 11.6 Å². The second kappa shape index (κ2) is 5.81. The van der Waals surface area contributed by atoms with E-state index < -0.39 is 4.92 Å². The minimum Gasteiger partial charge on any atom is -0.393 e. The van der Waals surface area contributed by atoms with Crippen LogP contribution in [0, 0.1) is 16.0 Å². The summed E-state index contributed by atoms with van der Waals surface area (Å²) in [4.78, 5) is 14.4. The molecule has 0 aliphatic heterocycles. The summed E-state index contributed by atoms with van der Waals surface area (Å²) in [5.74, 6) is 5.99. The quantitative estimate of drug-likeness (QED) is 0.354. The second-order valence-electron chi connectivity index (χ2n) is 4.64. The highest BCUT2D eigenvalue weighted by atomic mass is 16.6. The number of nitrogens with one attached hydrogen (secondary N) is 2. The van der Waals surface area contributed by atoms with Crippen molar-refractivity contribution in [3.63, 3.8) is 0 Å². The Morgan fingerprint density at radius 1 is 1.47 bits per heavy atom. The molecule has 0 radical (unpaired) electrons. The minimum atomic E-state index is -0.502. The van der Waals surface area contributed by atoms with E-state index in [9.17, 15) is 15.2 Å². The highest BCUT2D eigenvalue weighted by Gasteiger charge is 2.25. The lowest BCUT2D eigenvalue weighted by Gasteiger charge is -2.15. The maximum Gasteiger partial charge on any atom is 0.276 e. The average molecular weight is 267 g/mol. The molecule has 1 aliphatic carbocycles. The number of hydrogen-bond donors (Lipinski definition) is 4. The monoisotopic (exact) mass is 267 g/mol. The second-order valence-corrected chi connectivity index (χ2v) is 4.64. The van der Waals surface area contributed by atoms with Crippen molar-refractivity contribution >= 4 is 17.3 Å². The van der Waals surface area contributed by atoms with Gasteiger partial charge in [-0.05, 0) is 12.8 Å². The van der Waals surface area contributed by atoms with Crippen molar-refractivity contribution in [2.24, 2.45) is 11.8 Å². The van der Waals surface area contributed by atoms with Crippen LogP contribution in [0.3, 0.4) is 0 Å². The standard InChI is InChI=1S/C11H17N5O3/c12-15-11-5-8(16(18)19)4-10(14-11)13-6-7-2-1-3-9(7)17/h4-5,7,9,17H,1-3,6,12H2,(H2,13,14,15). The summed E-state index contributed by atoms with van der Waals surface area (Å²) in [5, 5.41) is 23.5. The number of aliphatic hydroxyl groups excluding tert-OH is 1. The third-order valence-electron chi connectivity index (χ3n) is 3.33. The fraction of sp³-hybridized carbons (Fsp3) is 0.545. The first-order valence-corrected chi connectivity index (χ1v) is 6.15. The normalized spacial score (nSPS) is 22.2. The van der Waals surface area contributed by atoms with Gasteiger partial charge in [0.15, 0.2) is 0 Å². The molecule has 1 heterocycles. The number of aliphatic hydroxyl groups is 1. The molecule has 5 N–H and O–H groups in total. The van der Waals surface area contributed by atoms with E-state index >= 15 is 0 Å². The first-order chi connectivity index (χ1) is 9.10. The Morgan fingerprint density at radius 2 is 2.21 bits per heavy atom. The number of rotatable bonds is 5. The highest BCUT2D eigenvalue weighted by Crippen LogP contribution is 2.26. The third-order valence-corrected chi connectivity index (χ3v) is 3.33. The summed E-state index contributed by atoms with van der Waals surface area (Å²) in [6.07, 6.45) is 2.46. The topological polar surface area (TPSA) is 126 Å². The smallest absolute Gasteiger partial charge is 0.276 e. The molecule has 0 bridgehead atoms. The molecule has 1 saturated carbocycles. The van der Waals surface area contributed by atoms with Crippen LogP contribution in [-0.4, -0.2) is 27.7 Å². The number of aromatic nitrogens is 1. The Balaban J connectivity index is 2.06. The maximum absolute atomic E-state index is 10.8. The van der Waals surface area contributed by atoms with E-state index in [0.29, 0.717) is 12.4 Å². The van der Waals surface area contributed by atoms with E-state index in [1.54, 1.807) is 0 Å². The molecule has 1 aromatic rings. The maximum atomic E-state index is 10.8. The fourth-order valence-electron chi connectivity index (χ4n) is 2.28. The summed E-state index contributed by atoms with van der Waals surface area (Å²) in [6.45, 7) is 0.541. The lowest BCUT2D eigenvalue weighted by atomic mass is 10.1. The molecular weight excluding hydrogens is 250 g/mol. The number of anilines is 2. The van der Waals surface area contributed by atoms with E-state index in [1.165, 1.54) is 12.1 Å². The van der Waals surface area contributed by atoms with Crippen LogP contribution in [0.15, 0.2) is 12.1 Å². The Bertz CT molecular complexity index is 468. The number of nitrogen functional groups attached to an aromatic ring is 1. The number of hydrazine groups is 1. The number of nitrogens with two attached hydrogens (primary N) is 1. The molecule has 104 valence electrons. The zero-order chi connectivity index (χ0) is 13.8. The average Bonchev–Trinajstić information content (AvgIpc) is 2.81. The lowest BCUT2D eigenvalue weighted by Crippen LogP contribution is -2.22. The minimum absolute atomic E-state index is 0.0857. The molecule has 2 unspecified atom stereocenters. The predicted molar refractivity (Wildman–Crippen MR) is 70.5 cm³/mol. The molecule has 1 aliphatic rings. The van der Waals surface area contributed by atoms with Crippen LogP contribution in [-0.2, 0) is 0 Å². The van der Waals surface area contributed by atoms with Crippen LogP contribution in [0.4, 0.5) is 17.3 Å². The van der Waals surface area contributed by atoms with Gasteiger partial charge in [0.2, 0.25) is 0 Å². The van der Waals surface area contributed by atoms with Crippen LogP contribution in [0.2, 0.25) is 0 Å². The molecule has 0 saturated heterocycles. The largest absolute Gasteiger partial charge is 0.393 e. The van der Waals surface area contributed by atoms with E-state index in [4.69, 9.17) is 5.84 Å². The molecule has 0 aromatic carbocycles. The summed E-state index contributed by atoms with van der Waals surface area (Å²) in [7, 11) is 0. The van der Waals surface area contributed by atoms with Gasteiger partial charge < -0.3 is 15.8 Å². The molecular formula is C11H17N5O3. The fourth-order valence-corrected chi connectivity index (χ4v) is 2.28. The lowest BCUT2D eigenvalue weighted by molar-refractivity contribution is -0.384. The van der Waals surface area contributed by atoms with Gasteiger partial charge in [-0.2, -0.15) is 0 Å². The molecule has 2 atom stereocenters. The molecule has 2 rings (SSSR count). The van der Waals surface area contributed by atoms with Gasteiger partial charge in [0.25, 0.3) is 5.69 Å². The Morgan fingerprint density at radius 3 is 2.79 bits per heavy atom. The van der Waals surface area contributed by atoms with E-state index in [1.807, 2.05) is 0 Å². The van der Waals surface area contributed by atoms with Crippen molar-refractivity contribution in [3.05, 3.63) is 22.2 Å². The van der Waals surface area contributed by atoms with Gasteiger partial charge in [0, 0.05) is 12.5 Å². The van der Waals surface area contributed by atoms with Gasteiger partial charge in [0.05, 0.1) is 23.2 Å². The number of nitro groups is 1. The van der Waals surface area contributed by atoms with Crippen LogP contribution >= 0.6 is 0 Å². The summed E-state index contributed by atoms with van der Waals surface area (Å²) in [5.41, 5.74) is 2.21. The van der Waals surface area contributed by atoms with Crippen LogP contribution in [0.1, 0.15) is 19.3 Å². The van der Waals surface area contributed by atoms with Gasteiger partial charge in [-0.1, -0.05) is 6.42 Å². The Hall–Kier alpha value is -1.93. The summed E-state index contributed by atoms with van der Waals surface area (Å²) >= 11 is 0. The van der Waals surface area contributed by atoms with Crippen molar-refractivity contribution in [2.45, 2.75) is 25.4 Å². The van der Waals surface area contributed by atoms with Crippen molar-refractivity contribution in [2.75, 3.05) is 17.3 Å². The number of hydrogen-bond acceptors (Lipinski definition) is 7. The van der Waals surface area contributed by atoms with Gasteiger partial charge in [-0.25, -0.2) is 10.8 Å². The van der Waals surface area contributed by atoms with Crippen molar-refractivity contribution in [1.29, 1.82) is 0 Å². The van der Waals surface area contributed by atoms with Gasteiger partial charge >= 0.3 is 0 Å². The molecule has 19 heavy (non-hydrogen) atoms. The SMILES string of the molecule is NNc1cc([N+](=O)[O-])cc(NCC2CCCC2O)n1. The van der Waals surface area contributed by atoms with Crippen molar-refractivity contribution < 1.29 is 10.0 Å². The predicted octanol–water partition coefficient (Wildman–Crippen LogP) is 0.848. The zero-order valence-corrected chi connectivity index (χ0v) is 10.4. The molecule has 1 aromatic heterocycles. The molecule has 0 spiro atoms. The Kier molecular flexibility index (Phi) is 4.13. The summed E-state index contributed by atoms with van der Waals surface area (Å²) in [6, 6.07) is 2.61. The Labute approximate surface area is 110 Å². The summed E-state index contributed by atoms with van der Waals surface area (Å²) < 4.78 is 0. The van der Waals surface area contributed by atoms with E-state index in [2.05, 4.69) is 15.7 Å². The van der Waals surface area contributed by atoms with Crippen LogP contribution < -0.4 is 16.6 Å². The van der Waals surface area contributed by atoms with E-state index in [-0.39, 0.29) is 23.5 Å². The zero-order valence-electron chi connectivity index (χ0n) is 10.4. The first kappa shape index (κ1) is 13.5. The van der Waals surface area contributed by atoms with E-state index in [0.717, 1.165) is 19.3 Å². The first-order valence-electron chi connectivity index (χ1n) is 6.15. The van der Waals surface area contributed by atoms with Crippen molar-refractivity contribution in [3.8, 4) is 0 Å². The van der Waals surface area contributed by atoms with Gasteiger partial charge in [-0.3, -0.25) is 10.1 Å². The number of nitrogens with zero attached hydrogens (tertiary/aromatic N) is 2. The van der Waals surface area contributed by atoms with Crippen molar-refractivity contribution in [1.82, 2.24) is 4.98 Å².